The number of primary sulfonamides is 1. The standard InChI is InChI=1S/C18H18Cl2N2O5S2/c19-12-7-11(29(21,25)26)8-13(20)17(12)22-16(23)9-27-18(24)15-6-10-4-2-1-3-5-14(10)28-15/h6-8H,1-5,9H2,(H,22,23)(H2,21,25,26). The van der Waals surface area contributed by atoms with Gasteiger partial charge in [0.25, 0.3) is 5.91 Å². The number of ether oxygens (including phenoxy) is 1. The summed E-state index contributed by atoms with van der Waals surface area (Å²) in [5.41, 5.74) is 1.18. The molecule has 1 aliphatic rings. The van der Waals surface area contributed by atoms with Crippen molar-refractivity contribution in [2.45, 2.75) is 37.0 Å². The molecule has 0 aliphatic heterocycles. The van der Waals surface area contributed by atoms with Gasteiger partial charge >= 0.3 is 5.97 Å². The monoisotopic (exact) mass is 476 g/mol. The maximum atomic E-state index is 12.3. The van der Waals surface area contributed by atoms with E-state index in [1.807, 2.05) is 6.07 Å². The third-order valence-electron chi connectivity index (χ3n) is 4.39. The quantitative estimate of drug-likeness (QED) is 0.503. The molecular weight excluding hydrogens is 459 g/mol. The number of hydrogen-bond acceptors (Lipinski definition) is 6. The Labute approximate surface area is 182 Å². The molecule has 1 amide bonds. The molecule has 7 nitrogen and oxygen atoms in total. The van der Waals surface area contributed by atoms with Crippen molar-refractivity contribution in [2.75, 3.05) is 11.9 Å². The fraction of sp³-hybridized carbons (Fsp3) is 0.333. The van der Waals surface area contributed by atoms with Crippen LogP contribution in [0.25, 0.3) is 0 Å². The van der Waals surface area contributed by atoms with Crippen molar-refractivity contribution in [3.05, 3.63) is 43.6 Å². The van der Waals surface area contributed by atoms with Gasteiger partial charge in [-0.25, -0.2) is 18.4 Å². The van der Waals surface area contributed by atoms with Crippen molar-refractivity contribution >= 4 is 62.1 Å². The molecule has 1 heterocycles. The topological polar surface area (TPSA) is 116 Å². The summed E-state index contributed by atoms with van der Waals surface area (Å²) in [6, 6.07) is 3.98. The van der Waals surface area contributed by atoms with E-state index in [0.29, 0.717) is 4.88 Å². The molecule has 3 rings (SSSR count). The van der Waals surface area contributed by atoms with Crippen LogP contribution >= 0.6 is 34.5 Å². The van der Waals surface area contributed by atoms with Gasteiger partial charge in [0.1, 0.15) is 4.88 Å². The summed E-state index contributed by atoms with van der Waals surface area (Å²) >= 11 is 13.4. The normalized spacial score (nSPS) is 14.0. The number of benzene rings is 1. The third-order valence-corrected chi connectivity index (χ3v) is 7.10. The summed E-state index contributed by atoms with van der Waals surface area (Å²) in [5.74, 6) is -1.23. The highest BCUT2D eigenvalue weighted by Gasteiger charge is 2.20. The zero-order chi connectivity index (χ0) is 21.2. The summed E-state index contributed by atoms with van der Waals surface area (Å²) in [7, 11) is -4.00. The Balaban J connectivity index is 1.62. The van der Waals surface area contributed by atoms with Crippen LogP contribution in [0, 0.1) is 0 Å². The summed E-state index contributed by atoms with van der Waals surface area (Å²) in [6.45, 7) is -0.537. The summed E-state index contributed by atoms with van der Waals surface area (Å²) in [5, 5.41) is 7.23. The van der Waals surface area contributed by atoms with Gasteiger partial charge in [0.15, 0.2) is 6.61 Å². The summed E-state index contributed by atoms with van der Waals surface area (Å²) < 4.78 is 27.9. The Hall–Kier alpha value is -1.65. The molecule has 0 fully saturated rings. The number of fused-ring (bicyclic) bond motifs is 1. The Morgan fingerprint density at radius 1 is 1.10 bits per heavy atom. The second kappa shape index (κ2) is 9.01. The van der Waals surface area contributed by atoms with Gasteiger partial charge in [-0.05, 0) is 49.4 Å². The molecule has 0 saturated heterocycles. The SMILES string of the molecule is NS(=O)(=O)c1cc(Cl)c(NC(=O)COC(=O)c2cc3c(s2)CCCCC3)c(Cl)c1. The van der Waals surface area contributed by atoms with Crippen molar-refractivity contribution in [2.24, 2.45) is 5.14 Å². The van der Waals surface area contributed by atoms with Crippen molar-refractivity contribution in [3.63, 3.8) is 0 Å². The zero-order valence-electron chi connectivity index (χ0n) is 15.2. The number of anilines is 1. The lowest BCUT2D eigenvalue weighted by atomic mass is 10.1. The molecule has 2 aromatic rings. The molecule has 0 spiro atoms. The Morgan fingerprint density at radius 3 is 2.41 bits per heavy atom. The number of amides is 1. The molecule has 3 N–H and O–H groups in total. The van der Waals surface area contributed by atoms with Gasteiger partial charge in [-0.3, -0.25) is 4.79 Å². The highest BCUT2D eigenvalue weighted by molar-refractivity contribution is 7.89. The van der Waals surface area contributed by atoms with Gasteiger partial charge < -0.3 is 10.1 Å². The minimum atomic E-state index is -4.00. The minimum Gasteiger partial charge on any atom is -0.451 e. The summed E-state index contributed by atoms with van der Waals surface area (Å²) in [6.07, 6.45) is 5.30. The molecule has 0 radical (unpaired) electrons. The predicted molar refractivity (Wildman–Crippen MR) is 112 cm³/mol. The predicted octanol–water partition coefficient (Wildman–Crippen LogP) is 3.77. The highest BCUT2D eigenvalue weighted by atomic mass is 35.5. The van der Waals surface area contributed by atoms with E-state index in [-0.39, 0.29) is 20.6 Å². The maximum Gasteiger partial charge on any atom is 0.348 e. The second-order valence-corrected chi connectivity index (χ2v) is 10.1. The number of aryl methyl sites for hydroxylation is 2. The van der Waals surface area contributed by atoms with Crippen LogP contribution in [0.15, 0.2) is 23.1 Å². The number of carbonyl (C=O) groups is 2. The first kappa shape index (κ1) is 22.0. The smallest absolute Gasteiger partial charge is 0.348 e. The van der Waals surface area contributed by atoms with Gasteiger partial charge in [0.05, 0.1) is 20.6 Å². The fourth-order valence-electron chi connectivity index (χ4n) is 2.98. The minimum absolute atomic E-state index is 0.00428. The largest absolute Gasteiger partial charge is 0.451 e. The lowest BCUT2D eigenvalue weighted by molar-refractivity contribution is -0.119. The van der Waals surface area contributed by atoms with Crippen LogP contribution in [0.1, 0.15) is 39.4 Å². The van der Waals surface area contributed by atoms with Gasteiger partial charge in [-0.1, -0.05) is 29.6 Å². The van der Waals surface area contributed by atoms with E-state index < -0.39 is 28.5 Å². The third kappa shape index (κ3) is 5.49. The number of carbonyl (C=O) groups excluding carboxylic acids is 2. The molecule has 0 unspecified atom stereocenters. The van der Waals surface area contributed by atoms with E-state index in [1.54, 1.807) is 0 Å². The van der Waals surface area contributed by atoms with Crippen LogP contribution in [0.2, 0.25) is 10.0 Å². The summed E-state index contributed by atoms with van der Waals surface area (Å²) in [4.78, 5) is 25.8. The van der Waals surface area contributed by atoms with Crippen LogP contribution in [-0.4, -0.2) is 26.9 Å². The molecule has 0 atom stereocenters. The van der Waals surface area contributed by atoms with Crippen LogP contribution < -0.4 is 10.5 Å². The van der Waals surface area contributed by atoms with Crippen molar-refractivity contribution in [3.8, 4) is 0 Å². The highest BCUT2D eigenvalue weighted by Crippen LogP contribution is 2.33. The second-order valence-electron chi connectivity index (χ2n) is 6.55. The number of nitrogens with two attached hydrogens (primary N) is 1. The number of halogens is 2. The number of rotatable bonds is 5. The van der Waals surface area contributed by atoms with Crippen molar-refractivity contribution < 1.29 is 22.7 Å². The molecule has 11 heteroatoms. The van der Waals surface area contributed by atoms with E-state index in [4.69, 9.17) is 33.1 Å². The van der Waals surface area contributed by atoms with Gasteiger partial charge in [0, 0.05) is 4.88 Å². The maximum absolute atomic E-state index is 12.3. The van der Waals surface area contributed by atoms with E-state index in [0.717, 1.165) is 37.8 Å². The number of nitrogens with one attached hydrogen (secondary N) is 1. The molecule has 1 aromatic heterocycles. The lowest BCUT2D eigenvalue weighted by Gasteiger charge is -2.11. The van der Waals surface area contributed by atoms with E-state index >= 15 is 0 Å². The molecule has 0 saturated carbocycles. The van der Waals surface area contributed by atoms with Crippen molar-refractivity contribution in [1.82, 2.24) is 0 Å². The van der Waals surface area contributed by atoms with Crippen LogP contribution in [-0.2, 0) is 32.4 Å². The number of sulfonamides is 1. The first-order chi connectivity index (χ1) is 13.6. The van der Waals surface area contributed by atoms with Crippen LogP contribution in [0.4, 0.5) is 5.69 Å². The first-order valence-corrected chi connectivity index (χ1v) is 11.9. The molecule has 0 bridgehead atoms. The van der Waals surface area contributed by atoms with Gasteiger partial charge in [-0.15, -0.1) is 11.3 Å². The average Bonchev–Trinajstić information content (AvgIpc) is 2.92. The lowest BCUT2D eigenvalue weighted by Crippen LogP contribution is -2.21. The molecule has 29 heavy (non-hydrogen) atoms. The number of hydrogen-bond donors (Lipinski definition) is 2. The zero-order valence-corrected chi connectivity index (χ0v) is 18.3. The Kier molecular flexibility index (Phi) is 6.85. The molecule has 156 valence electrons. The van der Waals surface area contributed by atoms with E-state index in [1.165, 1.54) is 28.2 Å². The number of esters is 1. The first-order valence-electron chi connectivity index (χ1n) is 8.75. The van der Waals surface area contributed by atoms with E-state index in [2.05, 4.69) is 5.32 Å². The fourth-order valence-corrected chi connectivity index (χ4v) is 5.40. The van der Waals surface area contributed by atoms with Crippen LogP contribution in [0.5, 0.6) is 0 Å². The number of thiophene rings is 1. The van der Waals surface area contributed by atoms with E-state index in [9.17, 15) is 18.0 Å². The Bertz CT molecular complexity index is 1020. The molecule has 1 aliphatic carbocycles. The van der Waals surface area contributed by atoms with Crippen molar-refractivity contribution in [1.29, 1.82) is 0 Å². The van der Waals surface area contributed by atoms with Crippen LogP contribution in [0.3, 0.4) is 0 Å². The Morgan fingerprint density at radius 2 is 1.76 bits per heavy atom. The van der Waals surface area contributed by atoms with Gasteiger partial charge in [0.2, 0.25) is 10.0 Å². The molecular formula is C18H18Cl2N2O5S2. The molecule has 1 aromatic carbocycles. The average molecular weight is 477 g/mol. The van der Waals surface area contributed by atoms with Gasteiger partial charge in [-0.2, -0.15) is 0 Å².